The summed E-state index contributed by atoms with van der Waals surface area (Å²) in [5.74, 6) is 0. The number of aromatic nitrogens is 1. The Morgan fingerprint density at radius 3 is 2.42 bits per heavy atom. The van der Waals surface area contributed by atoms with Gasteiger partial charge in [0.1, 0.15) is 0 Å². The highest BCUT2D eigenvalue weighted by atomic mass is 35.5. The monoisotopic (exact) mass is 277 g/mol. The summed E-state index contributed by atoms with van der Waals surface area (Å²) in [6.07, 6.45) is 0.857. The fraction of sp³-hybridized carbons (Fsp3) is 0.267. The van der Waals surface area contributed by atoms with Crippen LogP contribution in [0.15, 0.2) is 41.2 Å². The van der Waals surface area contributed by atoms with E-state index in [2.05, 4.69) is 0 Å². The second-order valence-corrected chi connectivity index (χ2v) is 4.80. The zero-order chi connectivity index (χ0) is 13.8. The Kier molecular flexibility index (Phi) is 4.40. The second kappa shape index (κ2) is 6.04. The Labute approximate surface area is 117 Å². The van der Waals surface area contributed by atoms with Crippen molar-refractivity contribution >= 4 is 11.6 Å². The van der Waals surface area contributed by atoms with Crippen LogP contribution in [0.5, 0.6) is 0 Å². The number of hydrogen-bond acceptors (Lipinski definition) is 2. The van der Waals surface area contributed by atoms with E-state index in [0.717, 1.165) is 17.7 Å². The first-order valence-electron chi connectivity index (χ1n) is 6.27. The molecule has 1 N–H and O–H groups in total. The molecule has 0 saturated heterocycles. The van der Waals surface area contributed by atoms with Gasteiger partial charge in [0.05, 0.1) is 12.3 Å². The molecule has 0 amide bonds. The quantitative estimate of drug-likeness (QED) is 0.933. The van der Waals surface area contributed by atoms with Crippen LogP contribution in [-0.2, 0) is 13.2 Å². The average Bonchev–Trinajstić information content (AvgIpc) is 2.42. The molecule has 0 radical (unpaired) electrons. The smallest absolute Gasteiger partial charge is 0.256 e. The average molecular weight is 278 g/mol. The van der Waals surface area contributed by atoms with Crippen LogP contribution in [0.2, 0.25) is 5.02 Å². The lowest BCUT2D eigenvalue weighted by molar-refractivity contribution is 0.279. The predicted molar refractivity (Wildman–Crippen MR) is 77.4 cm³/mol. The lowest BCUT2D eigenvalue weighted by Crippen LogP contribution is -2.25. The molecule has 0 bridgehead atoms. The van der Waals surface area contributed by atoms with E-state index in [1.165, 1.54) is 0 Å². The van der Waals surface area contributed by atoms with Gasteiger partial charge >= 0.3 is 0 Å². The van der Waals surface area contributed by atoms with E-state index >= 15 is 0 Å². The van der Waals surface area contributed by atoms with Gasteiger partial charge in [-0.2, -0.15) is 0 Å². The zero-order valence-corrected chi connectivity index (χ0v) is 11.5. The van der Waals surface area contributed by atoms with Crippen LogP contribution in [0.3, 0.4) is 0 Å². The van der Waals surface area contributed by atoms with Gasteiger partial charge in [-0.25, -0.2) is 0 Å². The highest BCUT2D eigenvalue weighted by molar-refractivity contribution is 6.30. The van der Waals surface area contributed by atoms with Crippen LogP contribution in [0.25, 0.3) is 11.3 Å². The zero-order valence-electron chi connectivity index (χ0n) is 10.8. The van der Waals surface area contributed by atoms with Gasteiger partial charge in [0, 0.05) is 17.1 Å². The van der Waals surface area contributed by atoms with E-state index in [9.17, 15) is 9.90 Å². The third-order valence-corrected chi connectivity index (χ3v) is 3.26. The van der Waals surface area contributed by atoms with E-state index in [1.807, 2.05) is 25.1 Å². The molecule has 0 saturated carbocycles. The summed E-state index contributed by atoms with van der Waals surface area (Å²) in [5, 5.41) is 9.84. The van der Waals surface area contributed by atoms with Gasteiger partial charge in [-0.05, 0) is 36.2 Å². The van der Waals surface area contributed by atoms with Gasteiger partial charge in [0.15, 0.2) is 0 Å². The van der Waals surface area contributed by atoms with Gasteiger partial charge in [-0.3, -0.25) is 4.79 Å². The number of hydrogen-bond donors (Lipinski definition) is 1. The molecule has 0 aliphatic rings. The molecule has 1 aromatic heterocycles. The number of rotatable bonds is 4. The maximum absolute atomic E-state index is 12.2. The van der Waals surface area contributed by atoms with E-state index < -0.39 is 0 Å². The van der Waals surface area contributed by atoms with Crippen molar-refractivity contribution in [2.24, 2.45) is 0 Å². The van der Waals surface area contributed by atoms with Crippen molar-refractivity contribution in [1.29, 1.82) is 0 Å². The van der Waals surface area contributed by atoms with Crippen molar-refractivity contribution in [2.75, 3.05) is 0 Å². The molecular weight excluding hydrogens is 262 g/mol. The fourth-order valence-corrected chi connectivity index (χ4v) is 2.19. The maximum Gasteiger partial charge on any atom is 0.256 e. The van der Waals surface area contributed by atoms with Crippen molar-refractivity contribution in [1.82, 2.24) is 4.57 Å². The van der Waals surface area contributed by atoms with E-state index in [0.29, 0.717) is 17.1 Å². The van der Waals surface area contributed by atoms with Crippen LogP contribution in [-0.4, -0.2) is 9.67 Å². The molecule has 0 atom stereocenters. The summed E-state index contributed by atoms with van der Waals surface area (Å²) in [6.45, 7) is 2.41. The summed E-state index contributed by atoms with van der Waals surface area (Å²) >= 11 is 5.88. The molecule has 19 heavy (non-hydrogen) atoms. The molecule has 0 spiro atoms. The molecule has 0 unspecified atom stereocenters. The molecule has 2 rings (SSSR count). The molecule has 100 valence electrons. The number of halogens is 1. The van der Waals surface area contributed by atoms with Gasteiger partial charge in [-0.1, -0.05) is 30.7 Å². The number of pyridine rings is 1. The first-order chi connectivity index (χ1) is 9.17. The third kappa shape index (κ3) is 2.88. The molecule has 0 fully saturated rings. The van der Waals surface area contributed by atoms with Crippen LogP contribution >= 0.6 is 11.6 Å². The van der Waals surface area contributed by atoms with E-state index in [1.54, 1.807) is 22.8 Å². The normalized spacial score (nSPS) is 10.7. The lowest BCUT2D eigenvalue weighted by Gasteiger charge is -2.13. The van der Waals surface area contributed by atoms with Crippen LogP contribution in [0, 0.1) is 0 Å². The Bertz CT molecular complexity index is 617. The van der Waals surface area contributed by atoms with Crippen molar-refractivity contribution in [3.8, 4) is 11.3 Å². The van der Waals surface area contributed by atoms with Crippen molar-refractivity contribution in [2.45, 2.75) is 26.5 Å². The molecule has 1 aromatic carbocycles. The summed E-state index contributed by atoms with van der Waals surface area (Å²) in [7, 11) is 0. The predicted octanol–water partition coefficient (Wildman–Crippen LogP) is 3.07. The summed E-state index contributed by atoms with van der Waals surface area (Å²) in [6, 6.07) is 10.9. The van der Waals surface area contributed by atoms with Crippen molar-refractivity contribution in [3.63, 3.8) is 0 Å². The van der Waals surface area contributed by atoms with Crippen LogP contribution in [0.4, 0.5) is 0 Å². The fourth-order valence-electron chi connectivity index (χ4n) is 2.06. The van der Waals surface area contributed by atoms with Crippen LogP contribution in [0.1, 0.15) is 18.9 Å². The highest BCUT2D eigenvalue weighted by Crippen LogP contribution is 2.21. The number of aliphatic hydroxyl groups excluding tert-OH is 1. The first kappa shape index (κ1) is 13.8. The standard InChI is InChI=1S/C15H16ClNO2/c1-2-9-17-14(8-5-12(10-18)15(17)19)11-3-6-13(16)7-4-11/h3-8,18H,2,9-10H2,1H3. The minimum absolute atomic E-state index is 0.128. The highest BCUT2D eigenvalue weighted by Gasteiger charge is 2.09. The summed E-state index contributed by atoms with van der Waals surface area (Å²) in [4.78, 5) is 12.2. The molecule has 2 aromatic rings. The molecular formula is C15H16ClNO2. The van der Waals surface area contributed by atoms with Gasteiger partial charge < -0.3 is 9.67 Å². The van der Waals surface area contributed by atoms with E-state index in [-0.39, 0.29) is 12.2 Å². The molecule has 4 heteroatoms. The Morgan fingerprint density at radius 1 is 1.16 bits per heavy atom. The molecule has 0 aliphatic carbocycles. The number of nitrogens with zero attached hydrogens (tertiary/aromatic N) is 1. The second-order valence-electron chi connectivity index (χ2n) is 4.37. The first-order valence-corrected chi connectivity index (χ1v) is 6.64. The SMILES string of the molecule is CCCn1c(-c2ccc(Cl)cc2)ccc(CO)c1=O. The Morgan fingerprint density at radius 2 is 1.84 bits per heavy atom. The third-order valence-electron chi connectivity index (χ3n) is 3.01. The van der Waals surface area contributed by atoms with Gasteiger partial charge in [0.2, 0.25) is 0 Å². The Hall–Kier alpha value is -1.58. The van der Waals surface area contributed by atoms with Crippen LogP contribution < -0.4 is 5.56 Å². The largest absolute Gasteiger partial charge is 0.391 e. The van der Waals surface area contributed by atoms with Gasteiger partial charge in [-0.15, -0.1) is 0 Å². The van der Waals surface area contributed by atoms with Gasteiger partial charge in [0.25, 0.3) is 5.56 Å². The minimum Gasteiger partial charge on any atom is -0.391 e. The molecule has 3 nitrogen and oxygen atoms in total. The number of benzene rings is 1. The summed E-state index contributed by atoms with van der Waals surface area (Å²) < 4.78 is 1.70. The molecule has 1 heterocycles. The Balaban J connectivity index is 2.59. The minimum atomic E-state index is -0.233. The number of aliphatic hydroxyl groups is 1. The van der Waals surface area contributed by atoms with Crippen molar-refractivity contribution < 1.29 is 5.11 Å². The maximum atomic E-state index is 12.2. The topological polar surface area (TPSA) is 42.2 Å². The van der Waals surface area contributed by atoms with Crippen molar-refractivity contribution in [3.05, 3.63) is 57.3 Å². The van der Waals surface area contributed by atoms with E-state index in [4.69, 9.17) is 11.6 Å². The lowest BCUT2D eigenvalue weighted by atomic mass is 10.1. The summed E-state index contributed by atoms with van der Waals surface area (Å²) in [5.41, 5.74) is 2.09. The molecule has 0 aliphatic heterocycles.